The fraction of sp³-hybridized carbons (Fsp3) is 0.588. The minimum absolute atomic E-state index is 0.117. The molecule has 0 aliphatic carbocycles. The summed E-state index contributed by atoms with van der Waals surface area (Å²) >= 11 is 0. The van der Waals surface area contributed by atoms with Crippen LogP contribution < -0.4 is 15.4 Å². The Morgan fingerprint density at radius 2 is 2.09 bits per heavy atom. The molecule has 22 heavy (non-hydrogen) atoms. The molecule has 0 saturated carbocycles. The predicted octanol–water partition coefficient (Wildman–Crippen LogP) is 1.04. The van der Waals surface area contributed by atoms with Gasteiger partial charge in [0, 0.05) is 39.1 Å². The second-order valence-electron chi connectivity index (χ2n) is 5.61. The first kappa shape index (κ1) is 16.8. The van der Waals surface area contributed by atoms with Crippen molar-refractivity contribution >= 4 is 5.91 Å². The summed E-state index contributed by atoms with van der Waals surface area (Å²) in [6.45, 7) is 6.20. The van der Waals surface area contributed by atoms with Crippen LogP contribution in [-0.2, 0) is 11.2 Å². The first-order valence-corrected chi connectivity index (χ1v) is 8.11. The van der Waals surface area contributed by atoms with E-state index < -0.39 is 0 Å². The maximum atomic E-state index is 11.9. The van der Waals surface area contributed by atoms with E-state index >= 15 is 0 Å². The van der Waals surface area contributed by atoms with Gasteiger partial charge in [-0.3, -0.25) is 4.79 Å². The fourth-order valence-corrected chi connectivity index (χ4v) is 2.71. The molecule has 1 aliphatic rings. The Balaban J connectivity index is 1.59. The predicted molar refractivity (Wildman–Crippen MR) is 88.3 cm³/mol. The number of aryl methyl sites for hydroxylation is 1. The lowest BCUT2D eigenvalue weighted by Crippen LogP contribution is -2.44. The van der Waals surface area contributed by atoms with Gasteiger partial charge in [-0.2, -0.15) is 0 Å². The highest BCUT2D eigenvalue weighted by atomic mass is 16.5. The highest BCUT2D eigenvalue weighted by molar-refractivity contribution is 5.76. The summed E-state index contributed by atoms with van der Waals surface area (Å²) in [5.74, 6) is 0.972. The Kier molecular flexibility index (Phi) is 7.19. The number of carbonyl (C=O) groups is 1. The Labute approximate surface area is 133 Å². The first-order chi connectivity index (χ1) is 10.8. The van der Waals surface area contributed by atoms with Crippen LogP contribution in [0, 0.1) is 0 Å². The Hall–Kier alpha value is -1.59. The van der Waals surface area contributed by atoms with Crippen LogP contribution in [-0.4, -0.2) is 57.2 Å². The molecule has 2 N–H and O–H groups in total. The molecule has 0 radical (unpaired) electrons. The van der Waals surface area contributed by atoms with E-state index in [1.54, 1.807) is 7.11 Å². The molecule has 0 bridgehead atoms. The van der Waals surface area contributed by atoms with Crippen molar-refractivity contribution in [1.29, 1.82) is 0 Å². The van der Waals surface area contributed by atoms with Crippen molar-refractivity contribution < 1.29 is 9.53 Å². The number of ether oxygens (including phenoxy) is 1. The summed E-state index contributed by atoms with van der Waals surface area (Å²) in [7, 11) is 1.66. The van der Waals surface area contributed by atoms with E-state index in [0.29, 0.717) is 12.8 Å². The summed E-state index contributed by atoms with van der Waals surface area (Å²) in [6, 6.07) is 7.86. The molecule has 1 aromatic rings. The van der Waals surface area contributed by atoms with Crippen LogP contribution in [0.25, 0.3) is 0 Å². The van der Waals surface area contributed by atoms with Crippen LogP contribution in [0.5, 0.6) is 5.75 Å². The summed E-state index contributed by atoms with van der Waals surface area (Å²) in [6.07, 6.45) is 2.24. The van der Waals surface area contributed by atoms with Crippen molar-refractivity contribution in [1.82, 2.24) is 15.5 Å². The number of hydrogen-bond acceptors (Lipinski definition) is 4. The number of nitrogens with zero attached hydrogens (tertiary/aromatic N) is 1. The zero-order valence-corrected chi connectivity index (χ0v) is 13.4. The Bertz CT molecular complexity index is 459. The zero-order valence-electron chi connectivity index (χ0n) is 13.4. The third-order valence-electron chi connectivity index (χ3n) is 4.00. The molecule has 5 heteroatoms. The molecule has 0 unspecified atom stereocenters. The summed E-state index contributed by atoms with van der Waals surface area (Å²) < 4.78 is 5.30. The molecular formula is C17H27N3O2. The fourth-order valence-electron chi connectivity index (χ4n) is 2.71. The van der Waals surface area contributed by atoms with Gasteiger partial charge in [0.1, 0.15) is 5.75 Å². The lowest BCUT2D eigenvalue weighted by atomic mass is 10.1. The molecule has 1 saturated heterocycles. The van der Waals surface area contributed by atoms with Gasteiger partial charge in [0.05, 0.1) is 7.11 Å². The maximum absolute atomic E-state index is 11.9. The zero-order chi connectivity index (χ0) is 15.6. The van der Waals surface area contributed by atoms with Crippen LogP contribution in [0.15, 0.2) is 24.3 Å². The molecule has 0 spiro atoms. The van der Waals surface area contributed by atoms with E-state index in [-0.39, 0.29) is 5.91 Å². The number of carbonyl (C=O) groups excluding carboxylic acids is 1. The van der Waals surface area contributed by atoms with Crippen LogP contribution >= 0.6 is 0 Å². The summed E-state index contributed by atoms with van der Waals surface area (Å²) in [4.78, 5) is 14.3. The molecule has 1 aliphatic heterocycles. The molecule has 1 amide bonds. The van der Waals surface area contributed by atoms with E-state index in [0.717, 1.165) is 57.0 Å². The van der Waals surface area contributed by atoms with Crippen molar-refractivity contribution in [3.05, 3.63) is 29.8 Å². The second-order valence-corrected chi connectivity index (χ2v) is 5.61. The maximum Gasteiger partial charge on any atom is 0.220 e. The summed E-state index contributed by atoms with van der Waals surface area (Å²) in [5.41, 5.74) is 1.08. The first-order valence-electron chi connectivity index (χ1n) is 8.11. The van der Waals surface area contributed by atoms with Gasteiger partial charge < -0.3 is 20.3 Å². The van der Waals surface area contributed by atoms with Crippen LogP contribution in [0.1, 0.15) is 18.4 Å². The molecule has 0 aromatic heterocycles. The topological polar surface area (TPSA) is 53.6 Å². The molecule has 1 aromatic carbocycles. The number of hydrogen-bond donors (Lipinski definition) is 2. The van der Waals surface area contributed by atoms with Crippen molar-refractivity contribution in [2.45, 2.75) is 19.3 Å². The SMILES string of the molecule is COc1ccccc1CCC(=O)NCCCN1CCNCC1. The molecule has 1 fully saturated rings. The number of rotatable bonds is 8. The molecule has 2 rings (SSSR count). The molecule has 122 valence electrons. The standard InChI is InChI=1S/C17H27N3O2/c1-22-16-6-3-2-5-15(16)7-8-17(21)19-9-4-12-20-13-10-18-11-14-20/h2-3,5-6,18H,4,7-14H2,1H3,(H,19,21). The summed E-state index contributed by atoms with van der Waals surface area (Å²) in [5, 5.41) is 6.35. The van der Waals surface area contributed by atoms with Gasteiger partial charge in [-0.05, 0) is 31.0 Å². The van der Waals surface area contributed by atoms with Crippen molar-refractivity contribution in [3.8, 4) is 5.75 Å². The van der Waals surface area contributed by atoms with E-state index in [1.165, 1.54) is 0 Å². The average Bonchev–Trinajstić information content (AvgIpc) is 2.58. The van der Waals surface area contributed by atoms with E-state index in [4.69, 9.17) is 4.74 Å². The Morgan fingerprint density at radius 3 is 2.86 bits per heavy atom. The van der Waals surface area contributed by atoms with Gasteiger partial charge >= 0.3 is 0 Å². The number of piperazine rings is 1. The normalized spacial score (nSPS) is 15.5. The highest BCUT2D eigenvalue weighted by Crippen LogP contribution is 2.18. The van der Waals surface area contributed by atoms with E-state index in [2.05, 4.69) is 15.5 Å². The van der Waals surface area contributed by atoms with Crippen molar-refractivity contribution in [2.75, 3.05) is 46.4 Å². The number of methoxy groups -OCH3 is 1. The van der Waals surface area contributed by atoms with E-state index in [1.807, 2.05) is 24.3 Å². The van der Waals surface area contributed by atoms with Crippen LogP contribution in [0.2, 0.25) is 0 Å². The minimum atomic E-state index is 0.117. The number of para-hydroxylation sites is 1. The lowest BCUT2D eigenvalue weighted by Gasteiger charge is -2.27. The van der Waals surface area contributed by atoms with Crippen LogP contribution in [0.4, 0.5) is 0 Å². The second kappa shape index (κ2) is 9.43. The van der Waals surface area contributed by atoms with Crippen LogP contribution in [0.3, 0.4) is 0 Å². The third-order valence-corrected chi connectivity index (χ3v) is 4.00. The van der Waals surface area contributed by atoms with Crippen molar-refractivity contribution in [2.24, 2.45) is 0 Å². The van der Waals surface area contributed by atoms with Gasteiger partial charge in [0.15, 0.2) is 0 Å². The Morgan fingerprint density at radius 1 is 1.32 bits per heavy atom. The monoisotopic (exact) mass is 305 g/mol. The van der Waals surface area contributed by atoms with E-state index in [9.17, 15) is 4.79 Å². The van der Waals surface area contributed by atoms with Gasteiger partial charge in [0.25, 0.3) is 0 Å². The quantitative estimate of drug-likeness (QED) is 0.705. The minimum Gasteiger partial charge on any atom is -0.496 e. The smallest absolute Gasteiger partial charge is 0.220 e. The number of amides is 1. The van der Waals surface area contributed by atoms with Gasteiger partial charge in [-0.25, -0.2) is 0 Å². The van der Waals surface area contributed by atoms with Gasteiger partial charge in [-0.15, -0.1) is 0 Å². The molecular weight excluding hydrogens is 278 g/mol. The number of benzene rings is 1. The molecule has 0 atom stereocenters. The largest absolute Gasteiger partial charge is 0.496 e. The lowest BCUT2D eigenvalue weighted by molar-refractivity contribution is -0.121. The molecule has 1 heterocycles. The number of nitrogens with one attached hydrogen (secondary N) is 2. The van der Waals surface area contributed by atoms with Gasteiger partial charge in [-0.1, -0.05) is 18.2 Å². The molecule has 5 nitrogen and oxygen atoms in total. The van der Waals surface area contributed by atoms with Gasteiger partial charge in [0.2, 0.25) is 5.91 Å². The van der Waals surface area contributed by atoms with Crippen molar-refractivity contribution in [3.63, 3.8) is 0 Å². The third kappa shape index (κ3) is 5.66. The average molecular weight is 305 g/mol. The highest BCUT2D eigenvalue weighted by Gasteiger charge is 2.09.